The van der Waals surface area contributed by atoms with E-state index >= 15 is 0 Å². The molecule has 1 fully saturated rings. The second-order valence-corrected chi connectivity index (χ2v) is 6.22. The molecular formula is C16H23NO. The number of rotatable bonds is 2. The molecule has 1 aromatic rings. The van der Waals surface area contributed by atoms with Gasteiger partial charge in [0.1, 0.15) is 0 Å². The van der Waals surface area contributed by atoms with Crippen molar-refractivity contribution in [3.63, 3.8) is 0 Å². The number of fused-ring (bicyclic) bond motifs is 1. The van der Waals surface area contributed by atoms with E-state index in [1.165, 1.54) is 30.4 Å². The van der Waals surface area contributed by atoms with Crippen LogP contribution in [0.1, 0.15) is 55.6 Å². The first-order valence-electron chi connectivity index (χ1n) is 7.22. The summed E-state index contributed by atoms with van der Waals surface area (Å²) in [7, 11) is 0. The number of hydrogen-bond acceptors (Lipinski definition) is 2. The fourth-order valence-electron chi connectivity index (χ4n) is 3.86. The maximum Gasteiger partial charge on any atom is 0.0669 e. The molecule has 2 aliphatic rings. The minimum absolute atomic E-state index is 0.203. The van der Waals surface area contributed by atoms with Gasteiger partial charge in [0.15, 0.2) is 0 Å². The van der Waals surface area contributed by atoms with Crippen LogP contribution < -0.4 is 5.73 Å². The molecule has 0 aliphatic heterocycles. The zero-order chi connectivity index (χ0) is 12.6. The van der Waals surface area contributed by atoms with E-state index in [2.05, 4.69) is 24.3 Å². The highest BCUT2D eigenvalue weighted by atomic mass is 16.3. The van der Waals surface area contributed by atoms with Crippen molar-refractivity contribution in [1.82, 2.24) is 0 Å². The highest BCUT2D eigenvalue weighted by Crippen LogP contribution is 2.42. The van der Waals surface area contributed by atoms with E-state index in [-0.39, 0.29) is 6.04 Å². The summed E-state index contributed by atoms with van der Waals surface area (Å²) in [6, 6.07) is 8.95. The van der Waals surface area contributed by atoms with Crippen LogP contribution in [0, 0.1) is 0 Å². The maximum absolute atomic E-state index is 10.7. The summed E-state index contributed by atoms with van der Waals surface area (Å²) in [6.07, 6.45) is 7.21. The standard InChI is InChI=1S/C16H23NO/c17-14-8-9-16(18,11-14)10-13-6-3-5-12-4-1-2-7-15(12)13/h1-2,4,7,13-14,18H,3,5-6,8-11,17H2. The van der Waals surface area contributed by atoms with E-state index in [1.807, 2.05) is 0 Å². The normalized spacial score (nSPS) is 35.4. The minimum atomic E-state index is -0.505. The molecule has 98 valence electrons. The fraction of sp³-hybridized carbons (Fsp3) is 0.625. The SMILES string of the molecule is NC1CCC(O)(CC2CCCc3ccccc32)C1. The van der Waals surface area contributed by atoms with Gasteiger partial charge in [-0.1, -0.05) is 24.3 Å². The lowest BCUT2D eigenvalue weighted by molar-refractivity contribution is 0.0286. The summed E-state index contributed by atoms with van der Waals surface area (Å²) in [5.41, 5.74) is 8.40. The first-order chi connectivity index (χ1) is 8.66. The van der Waals surface area contributed by atoms with Crippen molar-refractivity contribution in [3.05, 3.63) is 35.4 Å². The first kappa shape index (κ1) is 12.2. The van der Waals surface area contributed by atoms with Gasteiger partial charge in [-0.2, -0.15) is 0 Å². The summed E-state index contributed by atoms with van der Waals surface area (Å²) in [5, 5.41) is 10.7. The van der Waals surface area contributed by atoms with Crippen molar-refractivity contribution in [2.45, 2.75) is 62.5 Å². The zero-order valence-electron chi connectivity index (χ0n) is 10.9. The molecule has 0 spiro atoms. The number of aliphatic hydroxyl groups is 1. The Balaban J connectivity index is 1.78. The van der Waals surface area contributed by atoms with Gasteiger partial charge >= 0.3 is 0 Å². The second kappa shape index (κ2) is 4.67. The smallest absolute Gasteiger partial charge is 0.0669 e. The Hall–Kier alpha value is -0.860. The average molecular weight is 245 g/mol. The van der Waals surface area contributed by atoms with Gasteiger partial charge < -0.3 is 10.8 Å². The third-order valence-corrected chi connectivity index (χ3v) is 4.74. The van der Waals surface area contributed by atoms with Crippen LogP contribution >= 0.6 is 0 Å². The number of hydrogen-bond donors (Lipinski definition) is 2. The molecule has 0 radical (unpaired) electrons. The molecular weight excluding hydrogens is 222 g/mol. The van der Waals surface area contributed by atoms with E-state index in [9.17, 15) is 5.11 Å². The Morgan fingerprint density at radius 1 is 1.28 bits per heavy atom. The Morgan fingerprint density at radius 3 is 2.89 bits per heavy atom. The highest BCUT2D eigenvalue weighted by molar-refractivity contribution is 5.33. The first-order valence-corrected chi connectivity index (χ1v) is 7.22. The Labute approximate surface area is 109 Å². The Morgan fingerprint density at radius 2 is 2.11 bits per heavy atom. The maximum atomic E-state index is 10.7. The summed E-state index contributed by atoms with van der Waals surface area (Å²) in [4.78, 5) is 0. The van der Waals surface area contributed by atoms with Crippen molar-refractivity contribution in [3.8, 4) is 0 Å². The molecule has 3 unspecified atom stereocenters. The molecule has 0 bridgehead atoms. The lowest BCUT2D eigenvalue weighted by Gasteiger charge is -2.32. The number of aryl methyl sites for hydroxylation is 1. The molecule has 0 heterocycles. The summed E-state index contributed by atoms with van der Waals surface area (Å²) in [5.74, 6) is 0.533. The summed E-state index contributed by atoms with van der Waals surface area (Å²) >= 11 is 0. The van der Waals surface area contributed by atoms with Crippen molar-refractivity contribution < 1.29 is 5.11 Å². The van der Waals surface area contributed by atoms with Crippen LogP contribution in [0.3, 0.4) is 0 Å². The van der Waals surface area contributed by atoms with E-state index in [1.54, 1.807) is 0 Å². The summed E-state index contributed by atoms with van der Waals surface area (Å²) in [6.45, 7) is 0. The lowest BCUT2D eigenvalue weighted by Crippen LogP contribution is -2.31. The van der Waals surface area contributed by atoms with E-state index in [4.69, 9.17) is 5.73 Å². The van der Waals surface area contributed by atoms with E-state index in [0.29, 0.717) is 5.92 Å². The van der Waals surface area contributed by atoms with Gasteiger partial charge in [0, 0.05) is 6.04 Å². The van der Waals surface area contributed by atoms with Gasteiger partial charge in [0.25, 0.3) is 0 Å². The molecule has 2 aliphatic carbocycles. The van der Waals surface area contributed by atoms with Crippen LogP contribution in [-0.2, 0) is 6.42 Å². The molecule has 3 rings (SSSR count). The third kappa shape index (κ3) is 2.32. The molecule has 0 saturated heterocycles. The Bertz CT molecular complexity index is 431. The molecule has 18 heavy (non-hydrogen) atoms. The molecule has 0 aromatic heterocycles. The van der Waals surface area contributed by atoms with Crippen LogP contribution in [0.5, 0.6) is 0 Å². The van der Waals surface area contributed by atoms with Crippen LogP contribution in [0.4, 0.5) is 0 Å². The van der Waals surface area contributed by atoms with Crippen molar-refractivity contribution in [1.29, 1.82) is 0 Å². The monoisotopic (exact) mass is 245 g/mol. The molecule has 1 aromatic carbocycles. The van der Waals surface area contributed by atoms with Gasteiger partial charge in [0.05, 0.1) is 5.60 Å². The predicted molar refractivity (Wildman–Crippen MR) is 73.5 cm³/mol. The molecule has 2 heteroatoms. The number of nitrogens with two attached hydrogens (primary N) is 1. The zero-order valence-corrected chi connectivity index (χ0v) is 10.9. The fourth-order valence-corrected chi connectivity index (χ4v) is 3.86. The molecule has 0 amide bonds. The van der Waals surface area contributed by atoms with E-state index in [0.717, 1.165) is 25.7 Å². The third-order valence-electron chi connectivity index (χ3n) is 4.74. The molecule has 1 saturated carbocycles. The van der Waals surface area contributed by atoms with Crippen molar-refractivity contribution in [2.75, 3.05) is 0 Å². The Kier molecular flexibility index (Phi) is 3.16. The van der Waals surface area contributed by atoms with Gasteiger partial charge in [0.2, 0.25) is 0 Å². The second-order valence-electron chi connectivity index (χ2n) is 6.22. The topological polar surface area (TPSA) is 46.2 Å². The molecule has 3 atom stereocenters. The van der Waals surface area contributed by atoms with Gasteiger partial charge in [-0.15, -0.1) is 0 Å². The van der Waals surface area contributed by atoms with Gasteiger partial charge in [-0.05, 0) is 62.0 Å². The van der Waals surface area contributed by atoms with Crippen molar-refractivity contribution in [2.24, 2.45) is 5.73 Å². The van der Waals surface area contributed by atoms with Crippen molar-refractivity contribution >= 4 is 0 Å². The number of benzene rings is 1. The van der Waals surface area contributed by atoms with Crippen LogP contribution in [0.15, 0.2) is 24.3 Å². The van der Waals surface area contributed by atoms with E-state index < -0.39 is 5.60 Å². The largest absolute Gasteiger partial charge is 0.390 e. The van der Waals surface area contributed by atoms with Gasteiger partial charge in [-0.3, -0.25) is 0 Å². The molecule has 2 nitrogen and oxygen atoms in total. The minimum Gasteiger partial charge on any atom is -0.390 e. The molecule has 3 N–H and O–H groups in total. The average Bonchev–Trinajstić information content (AvgIpc) is 2.70. The van der Waals surface area contributed by atoms with Crippen LogP contribution in [-0.4, -0.2) is 16.7 Å². The quantitative estimate of drug-likeness (QED) is 0.841. The van der Waals surface area contributed by atoms with Crippen LogP contribution in [0.25, 0.3) is 0 Å². The predicted octanol–water partition coefficient (Wildman–Crippen LogP) is 2.74. The highest BCUT2D eigenvalue weighted by Gasteiger charge is 2.38. The lowest BCUT2D eigenvalue weighted by atomic mass is 9.76. The summed E-state index contributed by atoms with van der Waals surface area (Å²) < 4.78 is 0. The van der Waals surface area contributed by atoms with Crippen LogP contribution in [0.2, 0.25) is 0 Å². The van der Waals surface area contributed by atoms with Gasteiger partial charge in [-0.25, -0.2) is 0 Å².